The maximum Gasteiger partial charge on any atom is 0.0448 e. The van der Waals surface area contributed by atoms with Gasteiger partial charge in [0.1, 0.15) is 0 Å². The molecule has 0 bridgehead atoms. The quantitative estimate of drug-likeness (QED) is 0.430. The molecule has 0 heterocycles. The van der Waals surface area contributed by atoms with Crippen LogP contribution in [0.3, 0.4) is 0 Å². The van der Waals surface area contributed by atoms with Crippen molar-refractivity contribution < 1.29 is 0 Å². The molecular weight excluding hydrogens is 350 g/mol. The summed E-state index contributed by atoms with van der Waals surface area (Å²) in [5.41, 5.74) is 8.75. The number of rotatable bonds is 7. The highest BCUT2D eigenvalue weighted by Gasteiger charge is 2.40. The van der Waals surface area contributed by atoms with E-state index >= 15 is 0 Å². The van der Waals surface area contributed by atoms with Gasteiger partial charge >= 0.3 is 0 Å². The van der Waals surface area contributed by atoms with Gasteiger partial charge < -0.3 is 0 Å². The summed E-state index contributed by atoms with van der Waals surface area (Å²) in [6.45, 7) is 7.05. The molecule has 29 heavy (non-hydrogen) atoms. The zero-order valence-corrected chi connectivity index (χ0v) is 18.8. The first-order valence-electron chi connectivity index (χ1n) is 11.9. The summed E-state index contributed by atoms with van der Waals surface area (Å²) >= 11 is 0. The molecule has 0 N–H and O–H groups in total. The van der Waals surface area contributed by atoms with E-state index in [1.807, 2.05) is 7.05 Å². The van der Waals surface area contributed by atoms with E-state index in [-0.39, 0.29) is 5.41 Å². The van der Waals surface area contributed by atoms with Crippen LogP contribution in [0.2, 0.25) is 0 Å². The van der Waals surface area contributed by atoms with Crippen LogP contribution in [0.4, 0.5) is 0 Å². The van der Waals surface area contributed by atoms with Gasteiger partial charge in [0.2, 0.25) is 0 Å². The van der Waals surface area contributed by atoms with Gasteiger partial charge in [-0.05, 0) is 65.5 Å². The van der Waals surface area contributed by atoms with Crippen LogP contribution in [0.15, 0.2) is 47.5 Å². The Morgan fingerprint density at radius 3 is 2.31 bits per heavy atom. The number of nitrogens with zero attached hydrogens (tertiary/aromatic N) is 1. The number of hydrogen-bond acceptors (Lipinski definition) is 1. The molecule has 1 saturated carbocycles. The van der Waals surface area contributed by atoms with E-state index in [2.05, 4.69) is 63.2 Å². The predicted octanol–water partition coefficient (Wildman–Crippen LogP) is 7.80. The van der Waals surface area contributed by atoms with Gasteiger partial charge in [-0.2, -0.15) is 0 Å². The molecule has 0 radical (unpaired) electrons. The maximum atomic E-state index is 4.86. The lowest BCUT2D eigenvalue weighted by Crippen LogP contribution is -2.24. The fraction of sp³-hybridized carbons (Fsp3) is 0.536. The second-order valence-electron chi connectivity index (χ2n) is 9.20. The standard InChI is InChI=1S/C28H37N/c1-5-21(18-20-12-8-9-13-20)27(29-4)22-16-17-24-23-14-10-11-15-25(23)28(6-2,7-3)26(24)19-22/h10-11,14-17,19-21H,5-9,12-13,18H2,1-4H3. The van der Waals surface area contributed by atoms with Crippen LogP contribution in [-0.2, 0) is 5.41 Å². The van der Waals surface area contributed by atoms with E-state index in [0.29, 0.717) is 5.92 Å². The molecule has 2 aromatic rings. The second-order valence-corrected chi connectivity index (χ2v) is 9.20. The zero-order chi connectivity index (χ0) is 20.4. The minimum Gasteiger partial charge on any atom is -0.292 e. The van der Waals surface area contributed by atoms with E-state index in [1.54, 1.807) is 0 Å². The van der Waals surface area contributed by atoms with Gasteiger partial charge in [-0.1, -0.05) is 82.9 Å². The van der Waals surface area contributed by atoms with Crippen LogP contribution in [0.1, 0.15) is 88.8 Å². The number of fused-ring (bicyclic) bond motifs is 3. The van der Waals surface area contributed by atoms with Crippen LogP contribution in [-0.4, -0.2) is 12.8 Å². The first-order valence-corrected chi connectivity index (χ1v) is 11.9. The SMILES string of the molecule is CCC(CC1CCCC1)C(=NC)c1ccc2c(c1)C(CC)(CC)c1ccccc1-2. The van der Waals surface area contributed by atoms with Crippen molar-refractivity contribution in [1.82, 2.24) is 0 Å². The third-order valence-electron chi connectivity index (χ3n) is 7.98. The molecule has 1 nitrogen and oxygen atoms in total. The molecule has 0 amide bonds. The Hall–Kier alpha value is -1.89. The zero-order valence-electron chi connectivity index (χ0n) is 18.8. The van der Waals surface area contributed by atoms with E-state index in [0.717, 1.165) is 18.8 Å². The molecule has 1 fully saturated rings. The Bertz CT molecular complexity index is 881. The van der Waals surface area contributed by atoms with E-state index in [9.17, 15) is 0 Å². The molecule has 154 valence electrons. The van der Waals surface area contributed by atoms with Gasteiger partial charge in [0.05, 0.1) is 0 Å². The Morgan fingerprint density at radius 2 is 1.66 bits per heavy atom. The van der Waals surface area contributed by atoms with Crippen LogP contribution in [0, 0.1) is 11.8 Å². The summed E-state index contributed by atoms with van der Waals surface area (Å²) in [5, 5.41) is 0. The first kappa shape index (κ1) is 20.4. The fourth-order valence-electron chi connectivity index (χ4n) is 6.29. The van der Waals surface area contributed by atoms with Gasteiger partial charge in [-0.25, -0.2) is 0 Å². The van der Waals surface area contributed by atoms with Crippen molar-refractivity contribution in [3.8, 4) is 11.1 Å². The lowest BCUT2D eigenvalue weighted by Gasteiger charge is -2.30. The van der Waals surface area contributed by atoms with E-state index in [4.69, 9.17) is 4.99 Å². The molecule has 2 aromatic carbocycles. The van der Waals surface area contributed by atoms with Crippen molar-refractivity contribution in [1.29, 1.82) is 0 Å². The van der Waals surface area contributed by atoms with Gasteiger partial charge in [0, 0.05) is 24.1 Å². The van der Waals surface area contributed by atoms with Crippen molar-refractivity contribution in [2.75, 3.05) is 7.05 Å². The average molecular weight is 388 g/mol. The molecule has 2 aliphatic carbocycles. The van der Waals surface area contributed by atoms with Crippen LogP contribution in [0.25, 0.3) is 11.1 Å². The minimum absolute atomic E-state index is 0.147. The predicted molar refractivity (Wildman–Crippen MR) is 126 cm³/mol. The first-order chi connectivity index (χ1) is 14.2. The van der Waals surface area contributed by atoms with Crippen molar-refractivity contribution in [2.45, 2.75) is 77.6 Å². The molecular formula is C28H37N. The normalized spacial score (nSPS) is 19.2. The topological polar surface area (TPSA) is 12.4 Å². The highest BCUT2D eigenvalue weighted by atomic mass is 14.7. The van der Waals surface area contributed by atoms with Crippen LogP contribution in [0.5, 0.6) is 0 Å². The van der Waals surface area contributed by atoms with Gasteiger partial charge in [-0.3, -0.25) is 4.99 Å². The molecule has 1 heteroatoms. The van der Waals surface area contributed by atoms with Gasteiger partial charge in [0.15, 0.2) is 0 Å². The summed E-state index contributed by atoms with van der Waals surface area (Å²) in [5.74, 6) is 1.49. The molecule has 0 spiro atoms. The maximum absolute atomic E-state index is 4.86. The van der Waals surface area contributed by atoms with E-state index in [1.165, 1.54) is 72.1 Å². The molecule has 1 atom stereocenters. The number of aliphatic imine (C=N–C) groups is 1. The Kier molecular flexibility index (Phi) is 5.95. The highest BCUT2D eigenvalue weighted by Crippen LogP contribution is 2.52. The summed E-state index contributed by atoms with van der Waals surface area (Å²) < 4.78 is 0. The summed E-state index contributed by atoms with van der Waals surface area (Å²) in [4.78, 5) is 4.86. The smallest absolute Gasteiger partial charge is 0.0448 e. The number of hydrogen-bond donors (Lipinski definition) is 0. The largest absolute Gasteiger partial charge is 0.292 e. The third-order valence-corrected chi connectivity index (χ3v) is 7.98. The highest BCUT2D eigenvalue weighted by molar-refractivity contribution is 6.03. The summed E-state index contributed by atoms with van der Waals surface area (Å²) in [6, 6.07) is 16.3. The Morgan fingerprint density at radius 1 is 0.966 bits per heavy atom. The second kappa shape index (κ2) is 8.46. The third kappa shape index (κ3) is 3.37. The molecule has 0 saturated heterocycles. The minimum atomic E-state index is 0.147. The van der Waals surface area contributed by atoms with Gasteiger partial charge in [-0.15, -0.1) is 0 Å². The van der Waals surface area contributed by atoms with Crippen molar-refractivity contribution >= 4 is 5.71 Å². The average Bonchev–Trinajstić information content (AvgIpc) is 3.37. The Labute approximate surface area is 177 Å². The monoisotopic (exact) mass is 387 g/mol. The summed E-state index contributed by atoms with van der Waals surface area (Å²) in [7, 11) is 2.00. The van der Waals surface area contributed by atoms with Crippen molar-refractivity contribution in [2.24, 2.45) is 16.8 Å². The van der Waals surface area contributed by atoms with E-state index < -0.39 is 0 Å². The van der Waals surface area contributed by atoms with Crippen LogP contribution >= 0.6 is 0 Å². The fourth-order valence-corrected chi connectivity index (χ4v) is 6.29. The van der Waals surface area contributed by atoms with Gasteiger partial charge in [0.25, 0.3) is 0 Å². The van der Waals surface area contributed by atoms with Crippen LogP contribution < -0.4 is 0 Å². The lowest BCUT2D eigenvalue weighted by atomic mass is 9.73. The lowest BCUT2D eigenvalue weighted by molar-refractivity contribution is 0.434. The van der Waals surface area contributed by atoms with Crippen molar-refractivity contribution in [3.05, 3.63) is 59.2 Å². The molecule has 4 rings (SSSR count). The Balaban J connectivity index is 1.74. The van der Waals surface area contributed by atoms with Crippen molar-refractivity contribution in [3.63, 3.8) is 0 Å². The number of benzene rings is 2. The summed E-state index contributed by atoms with van der Waals surface area (Å²) in [6.07, 6.45) is 10.5. The molecule has 0 aromatic heterocycles. The molecule has 0 aliphatic heterocycles. The molecule has 1 unspecified atom stereocenters. The molecule has 2 aliphatic rings.